The zero-order chi connectivity index (χ0) is 15.7. The quantitative estimate of drug-likeness (QED) is 0.570. The summed E-state index contributed by atoms with van der Waals surface area (Å²) in [5.74, 6) is -0.249. The zero-order valence-corrected chi connectivity index (χ0v) is 12.9. The minimum atomic E-state index is -0.453. The lowest BCUT2D eigenvalue weighted by molar-refractivity contribution is -0.156. The third-order valence-electron chi connectivity index (χ3n) is 2.60. The Bertz CT molecular complexity index is 501. The average Bonchev–Trinajstić information content (AvgIpc) is 2.41. The second kappa shape index (κ2) is 8.38. The fraction of sp³-hybridized carbons (Fsp3) is 0.562. The lowest BCUT2D eigenvalue weighted by Crippen LogP contribution is -2.24. The predicted molar refractivity (Wildman–Crippen MR) is 78.6 cm³/mol. The van der Waals surface area contributed by atoms with Gasteiger partial charge in [-0.1, -0.05) is 6.07 Å². The Labute approximate surface area is 125 Å². The van der Waals surface area contributed by atoms with Gasteiger partial charge in [0.05, 0.1) is 13.0 Å². The van der Waals surface area contributed by atoms with Crippen molar-refractivity contribution in [2.45, 2.75) is 45.6 Å². The van der Waals surface area contributed by atoms with Gasteiger partial charge in [-0.3, -0.25) is 4.79 Å². The summed E-state index contributed by atoms with van der Waals surface area (Å²) in [7, 11) is 0. The maximum absolute atomic E-state index is 11.4. The largest absolute Gasteiger partial charge is 0.460 e. The Kier molecular flexibility index (Phi) is 6.83. The zero-order valence-electron chi connectivity index (χ0n) is 12.9. The van der Waals surface area contributed by atoms with Crippen LogP contribution in [0.4, 0.5) is 0 Å². The molecule has 0 fully saturated rings. The van der Waals surface area contributed by atoms with Crippen LogP contribution >= 0.6 is 0 Å². The molecule has 0 unspecified atom stereocenters. The number of ether oxygens (including phenoxy) is 2. The molecular weight excluding hydrogens is 268 g/mol. The van der Waals surface area contributed by atoms with E-state index in [4.69, 9.17) is 14.7 Å². The number of rotatable bonds is 7. The maximum atomic E-state index is 11.4. The van der Waals surface area contributed by atoms with Crippen molar-refractivity contribution in [3.8, 4) is 6.07 Å². The number of hydrogen-bond acceptors (Lipinski definition) is 5. The van der Waals surface area contributed by atoms with Crippen LogP contribution in [0.2, 0.25) is 0 Å². The summed E-state index contributed by atoms with van der Waals surface area (Å²) in [6, 6.07) is 5.79. The highest BCUT2D eigenvalue weighted by molar-refractivity contribution is 5.69. The number of pyridine rings is 1. The fourth-order valence-corrected chi connectivity index (χ4v) is 1.76. The highest BCUT2D eigenvalue weighted by atomic mass is 16.6. The molecule has 0 saturated carbocycles. The first-order chi connectivity index (χ1) is 9.92. The number of nitrogens with zero attached hydrogens (tertiary/aromatic N) is 2. The molecule has 0 spiro atoms. The van der Waals surface area contributed by atoms with E-state index in [1.165, 1.54) is 0 Å². The van der Waals surface area contributed by atoms with Gasteiger partial charge in [0.1, 0.15) is 17.4 Å². The molecule has 0 saturated heterocycles. The van der Waals surface area contributed by atoms with Crippen molar-refractivity contribution in [1.82, 2.24) is 4.98 Å². The van der Waals surface area contributed by atoms with E-state index >= 15 is 0 Å². The lowest BCUT2D eigenvalue weighted by atomic mass is 10.1. The van der Waals surface area contributed by atoms with Crippen LogP contribution < -0.4 is 0 Å². The van der Waals surface area contributed by atoms with Gasteiger partial charge in [0.25, 0.3) is 0 Å². The van der Waals surface area contributed by atoms with Gasteiger partial charge in [-0.2, -0.15) is 5.26 Å². The number of carbonyl (C=O) groups is 1. The molecule has 1 aromatic heterocycles. The van der Waals surface area contributed by atoms with E-state index in [2.05, 4.69) is 11.1 Å². The van der Waals surface area contributed by atoms with Gasteiger partial charge in [0.15, 0.2) is 0 Å². The Balaban J connectivity index is 2.15. The third-order valence-corrected chi connectivity index (χ3v) is 2.60. The summed E-state index contributed by atoms with van der Waals surface area (Å²) in [5.41, 5.74) is 0.937. The van der Waals surface area contributed by atoms with E-state index in [0.29, 0.717) is 18.9 Å². The number of carbonyl (C=O) groups excluding carboxylic acids is 1. The smallest absolute Gasteiger partial charge is 0.308 e. The number of nitriles is 1. The van der Waals surface area contributed by atoms with Gasteiger partial charge < -0.3 is 9.47 Å². The SMILES string of the molecule is CC(C)(C)OC(=O)CCOCCCc1cccnc1C#N. The van der Waals surface area contributed by atoms with Crippen molar-refractivity contribution >= 4 is 5.97 Å². The minimum absolute atomic E-state index is 0.249. The second-order valence-electron chi connectivity index (χ2n) is 5.68. The molecule has 5 nitrogen and oxygen atoms in total. The molecule has 1 aromatic rings. The van der Waals surface area contributed by atoms with Crippen LogP contribution in [-0.2, 0) is 20.7 Å². The van der Waals surface area contributed by atoms with Crippen molar-refractivity contribution < 1.29 is 14.3 Å². The molecule has 0 aliphatic heterocycles. The molecule has 5 heteroatoms. The predicted octanol–water partition coefficient (Wildman–Crippen LogP) is 2.63. The summed E-state index contributed by atoms with van der Waals surface area (Å²) < 4.78 is 10.6. The first kappa shape index (κ1) is 17.1. The number of aromatic nitrogens is 1. The van der Waals surface area contributed by atoms with Gasteiger partial charge in [-0.05, 0) is 45.2 Å². The Morgan fingerprint density at radius 3 is 2.81 bits per heavy atom. The van der Waals surface area contributed by atoms with Crippen LogP contribution in [0.5, 0.6) is 0 Å². The summed E-state index contributed by atoms with van der Waals surface area (Å²) in [6.07, 6.45) is 3.39. The van der Waals surface area contributed by atoms with E-state index in [1.54, 1.807) is 6.20 Å². The second-order valence-corrected chi connectivity index (χ2v) is 5.68. The van der Waals surface area contributed by atoms with E-state index in [-0.39, 0.29) is 12.4 Å². The van der Waals surface area contributed by atoms with Crippen molar-refractivity contribution in [3.63, 3.8) is 0 Å². The molecule has 0 aromatic carbocycles. The summed E-state index contributed by atoms with van der Waals surface area (Å²) in [5, 5.41) is 8.92. The maximum Gasteiger partial charge on any atom is 0.308 e. The molecule has 0 N–H and O–H groups in total. The Hall–Kier alpha value is -1.93. The van der Waals surface area contributed by atoms with Crippen molar-refractivity contribution in [1.29, 1.82) is 5.26 Å². The normalized spacial score (nSPS) is 11.0. The van der Waals surface area contributed by atoms with Crippen LogP contribution in [0.15, 0.2) is 18.3 Å². The summed E-state index contributed by atoms with van der Waals surface area (Å²) >= 11 is 0. The summed E-state index contributed by atoms with van der Waals surface area (Å²) in [4.78, 5) is 15.5. The van der Waals surface area contributed by atoms with E-state index in [9.17, 15) is 4.79 Å². The van der Waals surface area contributed by atoms with Crippen molar-refractivity contribution in [2.24, 2.45) is 0 Å². The molecule has 0 amide bonds. The number of aryl methyl sites for hydroxylation is 1. The van der Waals surface area contributed by atoms with Gasteiger partial charge in [0.2, 0.25) is 0 Å². The molecule has 114 valence electrons. The average molecular weight is 290 g/mol. The molecule has 0 bridgehead atoms. The summed E-state index contributed by atoms with van der Waals surface area (Å²) in [6.45, 7) is 6.42. The third kappa shape index (κ3) is 7.42. The highest BCUT2D eigenvalue weighted by Gasteiger charge is 2.15. The van der Waals surface area contributed by atoms with Crippen molar-refractivity contribution in [2.75, 3.05) is 13.2 Å². The topological polar surface area (TPSA) is 72.2 Å². The van der Waals surface area contributed by atoms with Crippen LogP contribution in [-0.4, -0.2) is 29.8 Å². The molecule has 0 aliphatic carbocycles. The Morgan fingerprint density at radius 1 is 1.38 bits per heavy atom. The monoisotopic (exact) mass is 290 g/mol. The van der Waals surface area contributed by atoms with E-state index in [0.717, 1.165) is 18.4 Å². The van der Waals surface area contributed by atoms with Gasteiger partial charge in [0, 0.05) is 12.8 Å². The first-order valence-electron chi connectivity index (χ1n) is 7.06. The first-order valence-corrected chi connectivity index (χ1v) is 7.06. The standard InChI is InChI=1S/C16H22N2O3/c1-16(2,3)21-15(19)8-11-20-10-5-7-13-6-4-9-18-14(13)12-17/h4,6,9H,5,7-8,10-11H2,1-3H3. The van der Waals surface area contributed by atoms with Crippen LogP contribution in [0.25, 0.3) is 0 Å². The van der Waals surface area contributed by atoms with E-state index < -0.39 is 5.60 Å². The minimum Gasteiger partial charge on any atom is -0.460 e. The lowest BCUT2D eigenvalue weighted by Gasteiger charge is -2.19. The molecular formula is C16H22N2O3. The van der Waals surface area contributed by atoms with Gasteiger partial charge in [-0.15, -0.1) is 0 Å². The van der Waals surface area contributed by atoms with Crippen LogP contribution in [0, 0.1) is 11.3 Å². The molecule has 0 radical (unpaired) electrons. The van der Waals surface area contributed by atoms with Gasteiger partial charge >= 0.3 is 5.97 Å². The number of esters is 1. The Morgan fingerprint density at radius 2 is 2.14 bits per heavy atom. The number of hydrogen-bond donors (Lipinski definition) is 0. The highest BCUT2D eigenvalue weighted by Crippen LogP contribution is 2.09. The molecule has 0 aliphatic rings. The molecule has 21 heavy (non-hydrogen) atoms. The van der Waals surface area contributed by atoms with Crippen LogP contribution in [0.3, 0.4) is 0 Å². The fourth-order valence-electron chi connectivity index (χ4n) is 1.76. The molecule has 0 atom stereocenters. The van der Waals surface area contributed by atoms with E-state index in [1.807, 2.05) is 32.9 Å². The van der Waals surface area contributed by atoms with Crippen molar-refractivity contribution in [3.05, 3.63) is 29.6 Å². The van der Waals surface area contributed by atoms with Gasteiger partial charge in [-0.25, -0.2) is 4.98 Å². The van der Waals surface area contributed by atoms with Crippen LogP contribution in [0.1, 0.15) is 44.9 Å². The molecule has 1 heterocycles. The molecule has 1 rings (SSSR count).